The number of rotatable bonds is 3. The first kappa shape index (κ1) is 16.6. The van der Waals surface area contributed by atoms with Crippen LogP contribution in [0.3, 0.4) is 0 Å². The van der Waals surface area contributed by atoms with Gasteiger partial charge in [-0.25, -0.2) is 9.97 Å². The van der Waals surface area contributed by atoms with Crippen LogP contribution in [0.2, 0.25) is 0 Å². The number of anilines is 2. The van der Waals surface area contributed by atoms with Gasteiger partial charge in [-0.1, -0.05) is 11.3 Å². The van der Waals surface area contributed by atoms with Crippen LogP contribution in [-0.4, -0.2) is 35.1 Å². The third kappa shape index (κ3) is 3.42. The molecule has 2 aliphatic rings. The van der Waals surface area contributed by atoms with Gasteiger partial charge < -0.3 is 10.2 Å². The second kappa shape index (κ2) is 6.12. The molecule has 0 spiro atoms. The zero-order valence-corrected chi connectivity index (χ0v) is 14.2. The molecule has 0 bridgehead atoms. The summed E-state index contributed by atoms with van der Waals surface area (Å²) in [5.74, 6) is -0.868. The van der Waals surface area contributed by atoms with Crippen LogP contribution in [0.4, 0.5) is 24.1 Å². The Kier molecular flexibility index (Phi) is 4.05. The van der Waals surface area contributed by atoms with E-state index in [1.807, 2.05) is 0 Å². The molecule has 1 aliphatic carbocycles. The van der Waals surface area contributed by atoms with Gasteiger partial charge in [0, 0.05) is 25.2 Å². The number of alkyl halides is 3. The van der Waals surface area contributed by atoms with E-state index in [0.717, 1.165) is 12.8 Å². The molecular weight excluding hydrogens is 353 g/mol. The Labute approximate surface area is 146 Å². The average molecular weight is 370 g/mol. The van der Waals surface area contributed by atoms with Gasteiger partial charge in [0.05, 0.1) is 16.1 Å². The maximum atomic E-state index is 13.0. The van der Waals surface area contributed by atoms with E-state index in [1.165, 1.54) is 11.3 Å². The van der Waals surface area contributed by atoms with Crippen molar-refractivity contribution in [2.24, 2.45) is 11.8 Å². The van der Waals surface area contributed by atoms with Crippen molar-refractivity contribution in [2.75, 3.05) is 23.3 Å². The van der Waals surface area contributed by atoms with Crippen LogP contribution >= 0.6 is 11.3 Å². The van der Waals surface area contributed by atoms with E-state index in [2.05, 4.69) is 15.3 Å². The second-order valence-corrected chi connectivity index (χ2v) is 7.57. The van der Waals surface area contributed by atoms with Gasteiger partial charge in [-0.05, 0) is 31.7 Å². The first-order chi connectivity index (χ1) is 11.9. The fraction of sp³-hybridized carbons (Fsp3) is 0.562. The summed E-state index contributed by atoms with van der Waals surface area (Å²) in [6.45, 7) is 0.490. The number of carbonyl (C=O) groups excluding carboxylic acids is 1. The SMILES string of the molecule is O=C(Nc1nccc2nc(N3CCC[C@@H](C(F)(F)F)C3)sc12)C1CC1. The Morgan fingerprint density at radius 2 is 2.12 bits per heavy atom. The summed E-state index contributed by atoms with van der Waals surface area (Å²) < 4.78 is 39.8. The minimum absolute atomic E-state index is 0.0509. The van der Waals surface area contributed by atoms with Gasteiger partial charge in [-0.15, -0.1) is 0 Å². The van der Waals surface area contributed by atoms with Gasteiger partial charge in [-0.2, -0.15) is 13.2 Å². The number of pyridine rings is 1. The number of fused-ring (bicyclic) bond motifs is 1. The molecule has 5 nitrogen and oxygen atoms in total. The van der Waals surface area contributed by atoms with Crippen LogP contribution in [0.15, 0.2) is 12.3 Å². The fourth-order valence-electron chi connectivity index (χ4n) is 3.05. The van der Waals surface area contributed by atoms with E-state index in [0.29, 0.717) is 34.1 Å². The van der Waals surface area contributed by atoms with E-state index >= 15 is 0 Å². The van der Waals surface area contributed by atoms with Crippen LogP contribution in [0.25, 0.3) is 10.2 Å². The zero-order valence-electron chi connectivity index (χ0n) is 13.3. The minimum Gasteiger partial charge on any atom is -0.347 e. The van der Waals surface area contributed by atoms with Crippen LogP contribution in [0.1, 0.15) is 25.7 Å². The Balaban J connectivity index is 1.59. The van der Waals surface area contributed by atoms with Crippen LogP contribution < -0.4 is 10.2 Å². The van der Waals surface area contributed by atoms with Crippen LogP contribution in [0, 0.1) is 11.8 Å². The van der Waals surface area contributed by atoms with Crippen molar-refractivity contribution in [3.8, 4) is 0 Å². The smallest absolute Gasteiger partial charge is 0.347 e. The highest BCUT2D eigenvalue weighted by atomic mass is 32.1. The fourth-order valence-corrected chi connectivity index (χ4v) is 4.09. The standard InChI is InChI=1S/C16H17F3N4OS/c17-16(18,19)10-2-1-7-23(8-10)15-21-11-5-6-20-13(12(11)25-15)22-14(24)9-3-4-9/h5-6,9-10H,1-4,7-8H2,(H,20,22,24)/t10-/m1/s1. The third-order valence-electron chi connectivity index (χ3n) is 4.64. The summed E-state index contributed by atoms with van der Waals surface area (Å²) >= 11 is 1.29. The zero-order chi connectivity index (χ0) is 17.6. The van der Waals surface area contributed by atoms with E-state index < -0.39 is 12.1 Å². The minimum atomic E-state index is -4.18. The molecule has 1 aliphatic heterocycles. The molecule has 134 valence electrons. The Hall–Kier alpha value is -1.90. The molecule has 2 aromatic heterocycles. The molecule has 2 aromatic rings. The van der Waals surface area contributed by atoms with Crippen molar-refractivity contribution in [3.05, 3.63) is 12.3 Å². The van der Waals surface area contributed by atoms with E-state index in [-0.39, 0.29) is 24.8 Å². The molecule has 1 N–H and O–H groups in total. The number of nitrogens with zero attached hydrogens (tertiary/aromatic N) is 3. The number of hydrogen-bond acceptors (Lipinski definition) is 5. The van der Waals surface area contributed by atoms with Gasteiger partial charge in [0.15, 0.2) is 10.9 Å². The summed E-state index contributed by atoms with van der Waals surface area (Å²) in [5, 5.41) is 3.37. The number of piperidine rings is 1. The molecule has 1 atom stereocenters. The molecular formula is C16H17F3N4OS. The lowest BCUT2D eigenvalue weighted by Crippen LogP contribution is -2.41. The second-order valence-electron chi connectivity index (χ2n) is 6.59. The topological polar surface area (TPSA) is 58.1 Å². The normalized spacial score (nSPS) is 21.6. The van der Waals surface area contributed by atoms with Crippen molar-refractivity contribution in [1.29, 1.82) is 0 Å². The largest absolute Gasteiger partial charge is 0.393 e. The van der Waals surface area contributed by atoms with Gasteiger partial charge >= 0.3 is 6.18 Å². The predicted octanol–water partition coefficient (Wildman–Crippen LogP) is 3.82. The average Bonchev–Trinajstić information content (AvgIpc) is 3.33. The Morgan fingerprint density at radius 1 is 1.32 bits per heavy atom. The van der Waals surface area contributed by atoms with Gasteiger partial charge in [0.2, 0.25) is 5.91 Å². The monoisotopic (exact) mass is 370 g/mol. The van der Waals surface area contributed by atoms with Crippen LogP contribution in [-0.2, 0) is 4.79 Å². The highest BCUT2D eigenvalue weighted by Gasteiger charge is 2.42. The Bertz CT molecular complexity index is 802. The van der Waals surface area contributed by atoms with Crippen molar-refractivity contribution in [1.82, 2.24) is 9.97 Å². The number of nitrogens with one attached hydrogen (secondary N) is 1. The molecule has 0 radical (unpaired) electrons. The lowest BCUT2D eigenvalue weighted by Gasteiger charge is -2.33. The maximum absolute atomic E-state index is 13.0. The number of amides is 1. The van der Waals surface area contributed by atoms with E-state index in [1.54, 1.807) is 17.2 Å². The van der Waals surface area contributed by atoms with E-state index in [9.17, 15) is 18.0 Å². The lowest BCUT2D eigenvalue weighted by molar-refractivity contribution is -0.176. The van der Waals surface area contributed by atoms with Gasteiger partial charge in [-0.3, -0.25) is 4.79 Å². The third-order valence-corrected chi connectivity index (χ3v) is 5.78. The first-order valence-electron chi connectivity index (χ1n) is 8.30. The maximum Gasteiger partial charge on any atom is 0.393 e. The molecule has 0 unspecified atom stereocenters. The summed E-state index contributed by atoms with van der Waals surface area (Å²) in [6.07, 6.45) is -0.188. The lowest BCUT2D eigenvalue weighted by atomic mass is 9.98. The predicted molar refractivity (Wildman–Crippen MR) is 89.8 cm³/mol. The molecule has 2 fully saturated rings. The number of hydrogen-bond donors (Lipinski definition) is 1. The molecule has 1 saturated carbocycles. The summed E-state index contributed by atoms with van der Waals surface area (Å²) in [4.78, 5) is 22.3. The van der Waals surface area contributed by atoms with Crippen LogP contribution in [0.5, 0.6) is 0 Å². The van der Waals surface area contributed by atoms with Gasteiger partial charge in [0.1, 0.15) is 0 Å². The molecule has 1 saturated heterocycles. The molecule has 25 heavy (non-hydrogen) atoms. The van der Waals surface area contributed by atoms with Crippen molar-refractivity contribution < 1.29 is 18.0 Å². The van der Waals surface area contributed by atoms with Crippen molar-refractivity contribution >= 4 is 38.4 Å². The molecule has 1 amide bonds. The molecule has 3 heterocycles. The van der Waals surface area contributed by atoms with Crippen molar-refractivity contribution in [2.45, 2.75) is 31.9 Å². The number of thiazole rings is 1. The molecule has 4 rings (SSSR count). The Morgan fingerprint density at radius 3 is 2.84 bits per heavy atom. The highest BCUT2D eigenvalue weighted by molar-refractivity contribution is 7.22. The summed E-state index contributed by atoms with van der Waals surface area (Å²) in [5.41, 5.74) is 0.648. The quantitative estimate of drug-likeness (QED) is 0.892. The number of aromatic nitrogens is 2. The number of carbonyl (C=O) groups is 1. The number of halogens is 3. The van der Waals surface area contributed by atoms with Crippen molar-refractivity contribution in [3.63, 3.8) is 0 Å². The summed E-state index contributed by atoms with van der Waals surface area (Å²) in [6, 6.07) is 1.72. The molecule has 9 heteroatoms. The van der Waals surface area contributed by atoms with Gasteiger partial charge in [0.25, 0.3) is 0 Å². The molecule has 0 aromatic carbocycles. The first-order valence-corrected chi connectivity index (χ1v) is 9.11. The van der Waals surface area contributed by atoms with E-state index in [4.69, 9.17) is 0 Å². The summed E-state index contributed by atoms with van der Waals surface area (Å²) in [7, 11) is 0. The highest BCUT2D eigenvalue weighted by Crippen LogP contribution is 2.39.